The minimum atomic E-state index is -0.758. The van der Waals surface area contributed by atoms with Gasteiger partial charge in [-0.2, -0.15) is 0 Å². The van der Waals surface area contributed by atoms with Crippen LogP contribution >= 0.6 is 0 Å². The number of aliphatic carboxylic acids is 1. The fourth-order valence-electron chi connectivity index (χ4n) is 2.36. The second kappa shape index (κ2) is 8.09. The van der Waals surface area contributed by atoms with Gasteiger partial charge in [0.25, 0.3) is 0 Å². The number of rotatable bonds is 7. The van der Waals surface area contributed by atoms with Crippen LogP contribution in [0, 0.1) is 5.92 Å². The zero-order chi connectivity index (χ0) is 15.1. The van der Waals surface area contributed by atoms with Gasteiger partial charge in [-0.3, -0.25) is 4.79 Å². The minimum absolute atomic E-state index is 0.00515. The number of carboxylic acids is 1. The third-order valence-electron chi connectivity index (χ3n) is 3.97. The van der Waals surface area contributed by atoms with E-state index in [0.29, 0.717) is 25.4 Å². The Kier molecular flexibility index (Phi) is 6.78. The van der Waals surface area contributed by atoms with Gasteiger partial charge in [0.05, 0.1) is 5.92 Å². The largest absolute Gasteiger partial charge is 0.481 e. The Morgan fingerprint density at radius 3 is 2.60 bits per heavy atom. The van der Waals surface area contributed by atoms with Crippen LogP contribution in [-0.4, -0.2) is 54.2 Å². The topological polar surface area (TPSA) is 81.7 Å². The van der Waals surface area contributed by atoms with Gasteiger partial charge in [-0.1, -0.05) is 0 Å². The molecule has 0 saturated heterocycles. The van der Waals surface area contributed by atoms with Crippen LogP contribution in [0.15, 0.2) is 0 Å². The molecule has 1 saturated carbocycles. The lowest BCUT2D eigenvalue weighted by molar-refractivity contribution is -0.141. The number of hydrogen-bond acceptors (Lipinski definition) is 3. The van der Waals surface area contributed by atoms with Gasteiger partial charge in [0, 0.05) is 18.6 Å². The summed E-state index contributed by atoms with van der Waals surface area (Å²) in [7, 11) is 2.06. The van der Waals surface area contributed by atoms with Crippen LogP contribution in [0.5, 0.6) is 0 Å². The standard InChI is InChI=1S/C14H27N3O3/c1-10(2)17(3)8-4-7-15-14(20)16-12-6-5-11(9-12)13(18)19/h10-12H,4-9H2,1-3H3,(H,18,19)(H2,15,16,20). The summed E-state index contributed by atoms with van der Waals surface area (Å²) in [5.41, 5.74) is 0. The molecule has 2 amide bonds. The molecular weight excluding hydrogens is 258 g/mol. The van der Waals surface area contributed by atoms with E-state index in [2.05, 4.69) is 36.4 Å². The number of urea groups is 1. The molecule has 1 rings (SSSR count). The highest BCUT2D eigenvalue weighted by molar-refractivity contribution is 5.75. The molecule has 0 heterocycles. The Morgan fingerprint density at radius 1 is 1.35 bits per heavy atom. The second-order valence-electron chi connectivity index (χ2n) is 5.87. The number of hydrogen-bond donors (Lipinski definition) is 3. The number of amides is 2. The van der Waals surface area contributed by atoms with E-state index >= 15 is 0 Å². The summed E-state index contributed by atoms with van der Waals surface area (Å²) in [5, 5.41) is 14.6. The summed E-state index contributed by atoms with van der Waals surface area (Å²) < 4.78 is 0. The first kappa shape index (κ1) is 16.8. The first-order valence-electron chi connectivity index (χ1n) is 7.37. The van der Waals surface area contributed by atoms with E-state index < -0.39 is 5.97 Å². The lowest BCUT2D eigenvalue weighted by Gasteiger charge is -2.21. The molecule has 0 aliphatic heterocycles. The molecule has 20 heavy (non-hydrogen) atoms. The maximum atomic E-state index is 11.7. The zero-order valence-electron chi connectivity index (χ0n) is 12.7. The molecule has 0 aromatic carbocycles. The van der Waals surface area contributed by atoms with Crippen LogP contribution in [0.3, 0.4) is 0 Å². The van der Waals surface area contributed by atoms with Crippen molar-refractivity contribution in [1.82, 2.24) is 15.5 Å². The van der Waals surface area contributed by atoms with Crippen LogP contribution < -0.4 is 10.6 Å². The van der Waals surface area contributed by atoms with Crippen LogP contribution in [0.2, 0.25) is 0 Å². The van der Waals surface area contributed by atoms with Crippen LogP contribution in [0.25, 0.3) is 0 Å². The van der Waals surface area contributed by atoms with Crippen LogP contribution in [0.1, 0.15) is 39.5 Å². The molecule has 3 N–H and O–H groups in total. The second-order valence-corrected chi connectivity index (χ2v) is 5.87. The molecule has 0 bridgehead atoms. The smallest absolute Gasteiger partial charge is 0.315 e. The SMILES string of the molecule is CC(C)N(C)CCCNC(=O)NC1CCC(C(=O)O)C1. The van der Waals surface area contributed by atoms with Crippen molar-refractivity contribution in [2.75, 3.05) is 20.1 Å². The van der Waals surface area contributed by atoms with Crippen molar-refractivity contribution in [2.24, 2.45) is 5.92 Å². The Morgan fingerprint density at radius 2 is 2.05 bits per heavy atom. The molecule has 0 aromatic rings. The van der Waals surface area contributed by atoms with Crippen LogP contribution in [0.4, 0.5) is 4.79 Å². The van der Waals surface area contributed by atoms with Gasteiger partial charge in [0.2, 0.25) is 0 Å². The van der Waals surface area contributed by atoms with E-state index in [1.807, 2.05) is 0 Å². The van der Waals surface area contributed by atoms with E-state index in [0.717, 1.165) is 19.4 Å². The molecule has 0 radical (unpaired) electrons. The fourth-order valence-corrected chi connectivity index (χ4v) is 2.36. The van der Waals surface area contributed by atoms with E-state index in [1.165, 1.54) is 0 Å². The lowest BCUT2D eigenvalue weighted by atomic mass is 10.1. The predicted octanol–water partition coefficient (Wildman–Crippen LogP) is 1.27. The quantitative estimate of drug-likeness (QED) is 0.615. The van der Waals surface area contributed by atoms with Crippen molar-refractivity contribution in [2.45, 2.75) is 51.6 Å². The molecular formula is C14H27N3O3. The van der Waals surface area contributed by atoms with Crippen LogP contribution in [-0.2, 0) is 4.79 Å². The summed E-state index contributed by atoms with van der Waals surface area (Å²) in [6, 6.07) is 0.318. The summed E-state index contributed by atoms with van der Waals surface area (Å²) in [4.78, 5) is 24.7. The van der Waals surface area contributed by atoms with E-state index in [1.54, 1.807) is 0 Å². The average molecular weight is 285 g/mol. The molecule has 2 unspecified atom stereocenters. The third kappa shape index (κ3) is 5.77. The highest BCUT2D eigenvalue weighted by Gasteiger charge is 2.30. The minimum Gasteiger partial charge on any atom is -0.481 e. The molecule has 1 fully saturated rings. The van der Waals surface area contributed by atoms with Crippen molar-refractivity contribution in [3.8, 4) is 0 Å². The Bertz CT molecular complexity index is 334. The van der Waals surface area contributed by atoms with Crippen molar-refractivity contribution < 1.29 is 14.7 Å². The molecule has 6 heteroatoms. The third-order valence-corrected chi connectivity index (χ3v) is 3.97. The maximum Gasteiger partial charge on any atom is 0.315 e. The lowest BCUT2D eigenvalue weighted by Crippen LogP contribution is -2.42. The van der Waals surface area contributed by atoms with Crippen molar-refractivity contribution in [1.29, 1.82) is 0 Å². The summed E-state index contributed by atoms with van der Waals surface area (Å²) in [5.74, 6) is -1.06. The highest BCUT2D eigenvalue weighted by atomic mass is 16.4. The number of carbonyl (C=O) groups excluding carboxylic acids is 1. The van der Waals surface area contributed by atoms with Crippen molar-refractivity contribution in [3.05, 3.63) is 0 Å². The van der Waals surface area contributed by atoms with Crippen molar-refractivity contribution >= 4 is 12.0 Å². The first-order chi connectivity index (χ1) is 9.40. The van der Waals surface area contributed by atoms with Gasteiger partial charge in [-0.05, 0) is 53.1 Å². The molecule has 2 atom stereocenters. The molecule has 116 valence electrons. The van der Waals surface area contributed by atoms with Gasteiger partial charge in [-0.25, -0.2) is 4.79 Å². The monoisotopic (exact) mass is 285 g/mol. The summed E-state index contributed by atoms with van der Waals surface area (Å²) in [6.45, 7) is 5.86. The molecule has 1 aliphatic carbocycles. The van der Waals surface area contributed by atoms with Gasteiger partial charge in [-0.15, -0.1) is 0 Å². The van der Waals surface area contributed by atoms with Crippen molar-refractivity contribution in [3.63, 3.8) is 0 Å². The predicted molar refractivity (Wildman–Crippen MR) is 77.7 cm³/mol. The molecule has 1 aliphatic rings. The summed E-state index contributed by atoms with van der Waals surface area (Å²) >= 11 is 0. The van der Waals surface area contributed by atoms with Gasteiger partial charge >= 0.3 is 12.0 Å². The van der Waals surface area contributed by atoms with E-state index in [-0.39, 0.29) is 18.0 Å². The van der Waals surface area contributed by atoms with Gasteiger partial charge in [0.15, 0.2) is 0 Å². The molecule has 0 aromatic heterocycles. The number of carbonyl (C=O) groups is 2. The Balaban J connectivity index is 2.11. The highest BCUT2D eigenvalue weighted by Crippen LogP contribution is 2.25. The number of nitrogens with one attached hydrogen (secondary N) is 2. The zero-order valence-corrected chi connectivity index (χ0v) is 12.7. The fraction of sp³-hybridized carbons (Fsp3) is 0.857. The Labute approximate surface area is 120 Å². The molecule has 0 spiro atoms. The van der Waals surface area contributed by atoms with Gasteiger partial charge in [0.1, 0.15) is 0 Å². The Hall–Kier alpha value is -1.30. The molecule has 6 nitrogen and oxygen atoms in total. The van der Waals surface area contributed by atoms with E-state index in [4.69, 9.17) is 5.11 Å². The van der Waals surface area contributed by atoms with Gasteiger partial charge < -0.3 is 20.6 Å². The summed E-state index contributed by atoms with van der Waals surface area (Å²) in [6.07, 6.45) is 2.85. The number of carboxylic acid groups (broad SMARTS) is 1. The maximum absolute atomic E-state index is 11.7. The average Bonchev–Trinajstić information content (AvgIpc) is 2.82. The normalized spacial score (nSPS) is 22.2. The number of nitrogens with zero attached hydrogens (tertiary/aromatic N) is 1. The van der Waals surface area contributed by atoms with E-state index in [9.17, 15) is 9.59 Å². The first-order valence-corrected chi connectivity index (χ1v) is 7.37.